The van der Waals surface area contributed by atoms with Gasteiger partial charge in [0, 0.05) is 16.1 Å². The lowest BCUT2D eigenvalue weighted by atomic mass is 10.1. The zero-order valence-corrected chi connectivity index (χ0v) is 12.4. The van der Waals surface area contributed by atoms with Crippen LogP contribution in [0.25, 0.3) is 11.5 Å². The first-order valence-corrected chi connectivity index (χ1v) is 7.03. The number of hydrogen-bond acceptors (Lipinski definition) is 4. The zero-order valence-electron chi connectivity index (χ0n) is 10.9. The van der Waals surface area contributed by atoms with Gasteiger partial charge in [-0.3, -0.25) is 0 Å². The molecule has 0 atom stereocenters. The molecule has 3 aromatic rings. The lowest BCUT2D eigenvalue weighted by Gasteiger charge is -2.09. The van der Waals surface area contributed by atoms with Crippen molar-refractivity contribution in [2.45, 2.75) is 6.61 Å². The minimum absolute atomic E-state index is 0.249. The molecule has 0 radical (unpaired) electrons. The average molecular weight is 319 g/mol. The molecular formula is C15H11ClN2O2S. The maximum atomic E-state index is 5.85. The van der Waals surface area contributed by atoms with E-state index < -0.39 is 0 Å². The van der Waals surface area contributed by atoms with Crippen molar-refractivity contribution in [1.29, 1.82) is 0 Å². The van der Waals surface area contributed by atoms with Gasteiger partial charge >= 0.3 is 0 Å². The van der Waals surface area contributed by atoms with E-state index in [-0.39, 0.29) is 4.84 Å². The predicted octanol–water partition coefficient (Wildman–Crippen LogP) is 4.63. The van der Waals surface area contributed by atoms with Crippen LogP contribution >= 0.6 is 23.8 Å². The minimum Gasteiger partial charge on any atom is -0.489 e. The Morgan fingerprint density at radius 3 is 2.62 bits per heavy atom. The number of aromatic nitrogens is 2. The van der Waals surface area contributed by atoms with Crippen LogP contribution < -0.4 is 4.74 Å². The second-order valence-corrected chi connectivity index (χ2v) is 5.13. The van der Waals surface area contributed by atoms with Gasteiger partial charge in [-0.1, -0.05) is 29.8 Å². The summed E-state index contributed by atoms with van der Waals surface area (Å²) in [6.45, 7) is 0.396. The van der Waals surface area contributed by atoms with E-state index in [4.69, 9.17) is 33.0 Å². The predicted molar refractivity (Wildman–Crippen MR) is 82.9 cm³/mol. The number of benzene rings is 2. The Hall–Kier alpha value is -2.11. The van der Waals surface area contributed by atoms with E-state index in [2.05, 4.69) is 10.2 Å². The molecule has 3 rings (SSSR count). The average Bonchev–Trinajstić information content (AvgIpc) is 2.93. The molecule has 1 aromatic heterocycles. The van der Waals surface area contributed by atoms with Crippen molar-refractivity contribution in [3.63, 3.8) is 0 Å². The summed E-state index contributed by atoms with van der Waals surface area (Å²) in [5.41, 5.74) is 1.80. The van der Waals surface area contributed by atoms with Crippen LogP contribution in [0.3, 0.4) is 0 Å². The van der Waals surface area contributed by atoms with Crippen LogP contribution in [-0.4, -0.2) is 10.2 Å². The smallest absolute Gasteiger partial charge is 0.284 e. The number of halogens is 1. The Bertz CT molecular complexity index is 796. The fourth-order valence-electron chi connectivity index (χ4n) is 1.89. The third kappa shape index (κ3) is 3.32. The molecule has 6 heteroatoms. The Kier molecular flexibility index (Phi) is 4.03. The fourth-order valence-corrected chi connectivity index (χ4v) is 2.14. The standard InChI is InChI=1S/C15H11ClN2O2S/c16-11-5-7-12(8-6-11)19-9-10-3-1-2-4-13(10)14-17-18-15(21)20-14/h1-8H,9H2,(H,18,21). The molecule has 0 aliphatic rings. The molecule has 0 fully saturated rings. The maximum absolute atomic E-state index is 5.85. The van der Waals surface area contributed by atoms with E-state index in [1.165, 1.54) is 0 Å². The van der Waals surface area contributed by atoms with Crippen molar-refractivity contribution in [1.82, 2.24) is 10.2 Å². The van der Waals surface area contributed by atoms with Gasteiger partial charge in [0.1, 0.15) is 12.4 Å². The number of hydrogen-bond donors (Lipinski definition) is 1. The van der Waals surface area contributed by atoms with Crippen molar-refractivity contribution < 1.29 is 9.15 Å². The van der Waals surface area contributed by atoms with Gasteiger partial charge in [0.25, 0.3) is 4.84 Å². The first-order valence-electron chi connectivity index (χ1n) is 6.24. The molecule has 21 heavy (non-hydrogen) atoms. The van der Waals surface area contributed by atoms with E-state index in [0.717, 1.165) is 16.9 Å². The number of ether oxygens (including phenoxy) is 1. The summed E-state index contributed by atoms with van der Waals surface area (Å²) in [6, 6.07) is 14.9. The summed E-state index contributed by atoms with van der Waals surface area (Å²) in [4.78, 5) is 0.249. The highest BCUT2D eigenvalue weighted by atomic mass is 35.5. The second-order valence-electron chi connectivity index (χ2n) is 4.32. The van der Waals surface area contributed by atoms with Gasteiger partial charge in [-0.2, -0.15) is 0 Å². The SMILES string of the molecule is S=c1[nH]nc(-c2ccccc2COc2ccc(Cl)cc2)o1. The molecule has 0 spiro atoms. The normalized spacial score (nSPS) is 10.5. The van der Waals surface area contributed by atoms with Gasteiger partial charge < -0.3 is 9.15 Å². The highest BCUT2D eigenvalue weighted by Gasteiger charge is 2.10. The van der Waals surface area contributed by atoms with Crippen LogP contribution in [0.4, 0.5) is 0 Å². The zero-order chi connectivity index (χ0) is 14.7. The topological polar surface area (TPSA) is 51.0 Å². The Morgan fingerprint density at radius 1 is 1.14 bits per heavy atom. The van der Waals surface area contributed by atoms with Crippen molar-refractivity contribution in [2.75, 3.05) is 0 Å². The highest BCUT2D eigenvalue weighted by molar-refractivity contribution is 7.71. The van der Waals surface area contributed by atoms with Gasteiger partial charge in [0.15, 0.2) is 0 Å². The quantitative estimate of drug-likeness (QED) is 0.712. The van der Waals surface area contributed by atoms with Crippen LogP contribution in [0.1, 0.15) is 5.56 Å². The third-order valence-electron chi connectivity index (χ3n) is 2.89. The first-order chi connectivity index (χ1) is 10.2. The van der Waals surface area contributed by atoms with Gasteiger partial charge in [-0.05, 0) is 42.5 Å². The molecule has 1 N–H and O–H groups in total. The van der Waals surface area contributed by atoms with E-state index in [9.17, 15) is 0 Å². The summed E-state index contributed by atoms with van der Waals surface area (Å²) in [5.74, 6) is 1.20. The Balaban J connectivity index is 1.82. The molecule has 0 saturated carbocycles. The molecule has 0 aliphatic heterocycles. The fraction of sp³-hybridized carbons (Fsp3) is 0.0667. The number of nitrogens with zero attached hydrogens (tertiary/aromatic N) is 1. The minimum atomic E-state index is 0.249. The van der Waals surface area contributed by atoms with E-state index in [0.29, 0.717) is 17.5 Å². The van der Waals surface area contributed by atoms with Crippen molar-refractivity contribution >= 4 is 23.8 Å². The second kappa shape index (κ2) is 6.11. The lowest BCUT2D eigenvalue weighted by molar-refractivity contribution is 0.306. The summed E-state index contributed by atoms with van der Waals surface area (Å²) in [7, 11) is 0. The van der Waals surface area contributed by atoms with Crippen LogP contribution in [0.15, 0.2) is 52.9 Å². The first kappa shape index (κ1) is 13.9. The molecule has 4 nitrogen and oxygen atoms in total. The molecule has 2 aromatic carbocycles. The van der Waals surface area contributed by atoms with Gasteiger partial charge in [0.2, 0.25) is 5.89 Å². The third-order valence-corrected chi connectivity index (χ3v) is 3.32. The summed E-state index contributed by atoms with van der Waals surface area (Å²) in [5, 5.41) is 7.34. The Morgan fingerprint density at radius 2 is 1.90 bits per heavy atom. The maximum Gasteiger partial charge on any atom is 0.284 e. The van der Waals surface area contributed by atoms with Crippen LogP contribution in [0.2, 0.25) is 5.02 Å². The van der Waals surface area contributed by atoms with E-state index in [1.807, 2.05) is 36.4 Å². The largest absolute Gasteiger partial charge is 0.489 e. The molecule has 1 heterocycles. The molecule has 106 valence electrons. The molecule has 0 saturated heterocycles. The lowest BCUT2D eigenvalue weighted by Crippen LogP contribution is -1.98. The summed E-state index contributed by atoms with van der Waals surface area (Å²) < 4.78 is 11.1. The monoisotopic (exact) mass is 318 g/mol. The van der Waals surface area contributed by atoms with E-state index >= 15 is 0 Å². The van der Waals surface area contributed by atoms with Crippen molar-refractivity contribution in [3.8, 4) is 17.2 Å². The number of aromatic amines is 1. The molecule has 0 unspecified atom stereocenters. The Labute approximate surface area is 131 Å². The van der Waals surface area contributed by atoms with Gasteiger partial charge in [0.05, 0.1) is 0 Å². The number of H-pyrrole nitrogens is 1. The van der Waals surface area contributed by atoms with Crippen LogP contribution in [-0.2, 0) is 6.61 Å². The summed E-state index contributed by atoms with van der Waals surface area (Å²) in [6.07, 6.45) is 0. The van der Waals surface area contributed by atoms with Gasteiger partial charge in [-0.15, -0.1) is 5.10 Å². The molecule has 0 bridgehead atoms. The van der Waals surface area contributed by atoms with Crippen molar-refractivity contribution in [3.05, 3.63) is 64.0 Å². The molecular weight excluding hydrogens is 308 g/mol. The van der Waals surface area contributed by atoms with Gasteiger partial charge in [-0.25, -0.2) is 5.10 Å². The molecule has 0 amide bonds. The van der Waals surface area contributed by atoms with Crippen molar-refractivity contribution in [2.24, 2.45) is 0 Å². The van der Waals surface area contributed by atoms with E-state index in [1.54, 1.807) is 12.1 Å². The number of nitrogens with one attached hydrogen (secondary N) is 1. The molecule has 0 aliphatic carbocycles. The number of rotatable bonds is 4. The van der Waals surface area contributed by atoms with Crippen LogP contribution in [0, 0.1) is 4.84 Å². The summed E-state index contributed by atoms with van der Waals surface area (Å²) >= 11 is 10.7. The highest BCUT2D eigenvalue weighted by Crippen LogP contribution is 2.23. The van der Waals surface area contributed by atoms with Crippen LogP contribution in [0.5, 0.6) is 5.75 Å².